The van der Waals surface area contributed by atoms with Gasteiger partial charge in [0.1, 0.15) is 5.71 Å². The van der Waals surface area contributed by atoms with Crippen LogP contribution in [-0.2, 0) is 4.84 Å². The Kier molecular flexibility index (Phi) is 2.57. The van der Waals surface area contributed by atoms with Crippen molar-refractivity contribution in [1.82, 2.24) is 0 Å². The molecule has 0 aliphatic carbocycles. The van der Waals surface area contributed by atoms with E-state index in [9.17, 15) is 0 Å². The lowest BCUT2D eigenvalue weighted by atomic mass is 10.0. The van der Waals surface area contributed by atoms with E-state index in [2.05, 4.69) is 23.4 Å². The second-order valence-electron chi connectivity index (χ2n) is 4.59. The van der Waals surface area contributed by atoms with Crippen LogP contribution >= 0.6 is 23.4 Å². The molecule has 2 nitrogen and oxygen atoms in total. The molecule has 2 atom stereocenters. The van der Waals surface area contributed by atoms with Gasteiger partial charge in [0.25, 0.3) is 0 Å². The highest BCUT2D eigenvalue weighted by molar-refractivity contribution is 8.01. The Labute approximate surface area is 120 Å². The zero-order valence-electron chi connectivity index (χ0n) is 9.92. The Balaban J connectivity index is 1.70. The fraction of sp³-hybridized carbons (Fsp3) is 0.133. The average molecular weight is 288 g/mol. The first-order valence-electron chi connectivity index (χ1n) is 6.08. The van der Waals surface area contributed by atoms with Crippen LogP contribution in [0.1, 0.15) is 17.2 Å². The van der Waals surface area contributed by atoms with Crippen molar-refractivity contribution in [2.24, 2.45) is 5.16 Å². The van der Waals surface area contributed by atoms with Crippen molar-refractivity contribution in [3.63, 3.8) is 0 Å². The third kappa shape index (κ3) is 1.77. The maximum atomic E-state index is 5.93. The van der Waals surface area contributed by atoms with E-state index in [1.165, 1.54) is 10.5 Å². The van der Waals surface area contributed by atoms with Crippen molar-refractivity contribution in [1.29, 1.82) is 0 Å². The summed E-state index contributed by atoms with van der Waals surface area (Å²) in [4.78, 5) is 6.93. The first-order chi connectivity index (χ1) is 9.33. The summed E-state index contributed by atoms with van der Waals surface area (Å²) >= 11 is 7.75. The molecule has 2 heterocycles. The second kappa shape index (κ2) is 4.29. The van der Waals surface area contributed by atoms with Crippen LogP contribution < -0.4 is 0 Å². The molecule has 0 radical (unpaired) electrons. The summed E-state index contributed by atoms with van der Waals surface area (Å²) in [6.45, 7) is 0. The molecular weight excluding hydrogens is 278 g/mol. The number of oxime groups is 1. The molecule has 0 unspecified atom stereocenters. The molecule has 0 saturated carbocycles. The highest BCUT2D eigenvalue weighted by atomic mass is 35.5. The van der Waals surface area contributed by atoms with Crippen molar-refractivity contribution in [3.8, 4) is 0 Å². The van der Waals surface area contributed by atoms with Crippen LogP contribution in [0, 0.1) is 0 Å². The van der Waals surface area contributed by atoms with Crippen LogP contribution in [0.25, 0.3) is 0 Å². The van der Waals surface area contributed by atoms with E-state index in [4.69, 9.17) is 16.4 Å². The number of thioether (sulfide) groups is 1. The SMILES string of the molecule is Clc1ccc(C2=NO[C@H]3c4ccccc4S[C@@H]23)cc1. The average Bonchev–Trinajstić information content (AvgIpc) is 2.98. The molecule has 2 aromatic carbocycles. The number of hydrogen-bond donors (Lipinski definition) is 0. The van der Waals surface area contributed by atoms with Gasteiger partial charge in [0.15, 0.2) is 6.10 Å². The number of rotatable bonds is 1. The Morgan fingerprint density at radius 2 is 1.84 bits per heavy atom. The fourth-order valence-corrected chi connectivity index (χ4v) is 3.99. The third-order valence-electron chi connectivity index (χ3n) is 3.43. The molecule has 94 valence electrons. The number of nitrogens with zero attached hydrogens (tertiary/aromatic N) is 1. The van der Waals surface area contributed by atoms with Crippen molar-refractivity contribution in [2.45, 2.75) is 16.2 Å². The minimum atomic E-state index is 0.0480. The van der Waals surface area contributed by atoms with Gasteiger partial charge in [0.05, 0.1) is 5.25 Å². The van der Waals surface area contributed by atoms with Crippen molar-refractivity contribution in [3.05, 3.63) is 64.7 Å². The highest BCUT2D eigenvalue weighted by Crippen LogP contribution is 2.50. The molecule has 2 aliphatic heterocycles. The van der Waals surface area contributed by atoms with E-state index >= 15 is 0 Å². The monoisotopic (exact) mass is 287 g/mol. The molecule has 2 aromatic rings. The molecule has 0 fully saturated rings. The zero-order valence-corrected chi connectivity index (χ0v) is 11.5. The molecule has 0 spiro atoms. The van der Waals surface area contributed by atoms with E-state index in [0.717, 1.165) is 16.3 Å². The molecule has 0 N–H and O–H groups in total. The predicted molar refractivity (Wildman–Crippen MR) is 77.9 cm³/mol. The van der Waals surface area contributed by atoms with Crippen LogP contribution in [0.15, 0.2) is 58.6 Å². The van der Waals surface area contributed by atoms with Gasteiger partial charge >= 0.3 is 0 Å². The predicted octanol–water partition coefficient (Wildman–Crippen LogP) is 4.29. The van der Waals surface area contributed by atoms with E-state index in [-0.39, 0.29) is 11.4 Å². The fourth-order valence-electron chi connectivity index (χ4n) is 2.50. The molecule has 19 heavy (non-hydrogen) atoms. The lowest BCUT2D eigenvalue weighted by Gasteiger charge is -2.08. The summed E-state index contributed by atoms with van der Waals surface area (Å²) in [6.07, 6.45) is 0.0480. The topological polar surface area (TPSA) is 21.6 Å². The number of hydrogen-bond acceptors (Lipinski definition) is 3. The summed E-state index contributed by atoms with van der Waals surface area (Å²) in [7, 11) is 0. The van der Waals surface area contributed by atoms with Gasteiger partial charge in [-0.3, -0.25) is 0 Å². The van der Waals surface area contributed by atoms with Gasteiger partial charge in [-0.15, -0.1) is 11.8 Å². The molecular formula is C15H10ClNOS. The van der Waals surface area contributed by atoms with Crippen LogP contribution in [0.2, 0.25) is 5.02 Å². The van der Waals surface area contributed by atoms with Gasteiger partial charge < -0.3 is 4.84 Å². The van der Waals surface area contributed by atoms with Gasteiger partial charge in [-0.1, -0.05) is 47.1 Å². The number of fused-ring (bicyclic) bond motifs is 3. The lowest BCUT2D eigenvalue weighted by Crippen LogP contribution is -2.16. The number of benzene rings is 2. The first kappa shape index (κ1) is 11.4. The highest BCUT2D eigenvalue weighted by Gasteiger charge is 2.43. The summed E-state index contributed by atoms with van der Waals surface area (Å²) in [5.41, 5.74) is 3.32. The van der Waals surface area contributed by atoms with Crippen LogP contribution in [0.3, 0.4) is 0 Å². The van der Waals surface area contributed by atoms with Crippen molar-refractivity contribution in [2.75, 3.05) is 0 Å². The van der Waals surface area contributed by atoms with Gasteiger partial charge in [0, 0.05) is 21.0 Å². The molecule has 2 aliphatic rings. The van der Waals surface area contributed by atoms with Gasteiger partial charge in [0.2, 0.25) is 0 Å². The Morgan fingerprint density at radius 3 is 2.68 bits per heavy atom. The van der Waals surface area contributed by atoms with Gasteiger partial charge in [-0.05, 0) is 18.2 Å². The zero-order chi connectivity index (χ0) is 12.8. The van der Waals surface area contributed by atoms with Crippen LogP contribution in [-0.4, -0.2) is 11.0 Å². The maximum Gasteiger partial charge on any atom is 0.171 e. The molecule has 0 saturated heterocycles. The second-order valence-corrected chi connectivity index (χ2v) is 6.21. The summed E-state index contributed by atoms with van der Waals surface area (Å²) in [5.74, 6) is 0. The quantitative estimate of drug-likeness (QED) is 0.780. The minimum absolute atomic E-state index is 0.0480. The van der Waals surface area contributed by atoms with E-state index in [1.54, 1.807) is 0 Å². The van der Waals surface area contributed by atoms with E-state index < -0.39 is 0 Å². The normalized spacial score (nSPS) is 23.5. The minimum Gasteiger partial charge on any atom is -0.386 e. The largest absolute Gasteiger partial charge is 0.386 e. The molecule has 0 bridgehead atoms. The Bertz CT molecular complexity index is 668. The van der Waals surface area contributed by atoms with Gasteiger partial charge in [-0.2, -0.15) is 0 Å². The summed E-state index contributed by atoms with van der Waals surface area (Å²) in [6, 6.07) is 16.1. The van der Waals surface area contributed by atoms with E-state index in [1.807, 2.05) is 42.1 Å². The standard InChI is InChI=1S/C15H10ClNOS/c16-10-7-5-9(6-8-10)13-15-14(18-17-13)11-3-1-2-4-12(11)19-15/h1-8,14-15H/t14-,15-/m0/s1. The summed E-state index contributed by atoms with van der Waals surface area (Å²) < 4.78 is 0. The Morgan fingerprint density at radius 1 is 1.05 bits per heavy atom. The van der Waals surface area contributed by atoms with Crippen LogP contribution in [0.4, 0.5) is 0 Å². The van der Waals surface area contributed by atoms with Crippen molar-refractivity contribution >= 4 is 29.1 Å². The van der Waals surface area contributed by atoms with E-state index in [0.29, 0.717) is 0 Å². The lowest BCUT2D eigenvalue weighted by molar-refractivity contribution is 0.0891. The maximum absolute atomic E-state index is 5.93. The van der Waals surface area contributed by atoms with Crippen LogP contribution in [0.5, 0.6) is 0 Å². The molecule has 4 heteroatoms. The third-order valence-corrected chi connectivity index (χ3v) is 5.03. The first-order valence-corrected chi connectivity index (χ1v) is 7.34. The Hall–Kier alpha value is -1.45. The smallest absolute Gasteiger partial charge is 0.171 e. The molecule has 4 rings (SSSR count). The van der Waals surface area contributed by atoms with Gasteiger partial charge in [-0.25, -0.2) is 0 Å². The molecule has 0 aromatic heterocycles. The van der Waals surface area contributed by atoms with Crippen molar-refractivity contribution < 1.29 is 4.84 Å². The number of halogens is 1. The molecule has 0 amide bonds. The summed E-state index contributed by atoms with van der Waals surface area (Å²) in [5, 5.41) is 5.26.